The lowest BCUT2D eigenvalue weighted by Crippen LogP contribution is -2.23. The van der Waals surface area contributed by atoms with E-state index in [0.29, 0.717) is 5.88 Å². The first-order chi connectivity index (χ1) is 6.74. The van der Waals surface area contributed by atoms with Crippen LogP contribution < -0.4 is 0 Å². The lowest BCUT2D eigenvalue weighted by molar-refractivity contribution is 0.359. The second-order valence-electron chi connectivity index (χ2n) is 3.33. The molecule has 0 saturated carbocycles. The van der Waals surface area contributed by atoms with E-state index in [2.05, 4.69) is 18.0 Å². The van der Waals surface area contributed by atoms with Crippen molar-refractivity contribution in [2.45, 2.75) is 6.42 Å². The van der Waals surface area contributed by atoms with E-state index >= 15 is 0 Å². The van der Waals surface area contributed by atoms with Crippen LogP contribution in [-0.2, 0) is 6.42 Å². The van der Waals surface area contributed by atoms with Crippen LogP contribution in [0, 0.1) is 0 Å². The lowest BCUT2D eigenvalue weighted by Gasteiger charge is -2.14. The fraction of sp³-hybridized carbons (Fsp3) is 0.455. The molecule has 0 aromatic heterocycles. The highest BCUT2D eigenvalue weighted by atomic mass is 35.5. The average molecular weight is 269 g/mol. The monoisotopic (exact) mass is 267 g/mol. The molecule has 1 aromatic carbocycles. The number of hydrogen-bond acceptors (Lipinski definition) is 1. The maximum atomic E-state index is 6.04. The zero-order chi connectivity index (χ0) is 10.4. The molecule has 15 heavy (non-hydrogen) atoms. The summed E-state index contributed by atoms with van der Waals surface area (Å²) in [6.07, 6.45) is 0.979. The van der Waals surface area contributed by atoms with E-state index in [9.17, 15) is 0 Å². The van der Waals surface area contributed by atoms with E-state index in [1.165, 1.54) is 5.56 Å². The Morgan fingerprint density at radius 1 is 1.20 bits per heavy atom. The van der Waals surface area contributed by atoms with Crippen molar-refractivity contribution in [1.29, 1.82) is 0 Å². The van der Waals surface area contributed by atoms with Crippen molar-refractivity contribution in [3.63, 3.8) is 0 Å². The highest BCUT2D eigenvalue weighted by molar-refractivity contribution is 6.31. The van der Waals surface area contributed by atoms with Gasteiger partial charge in [0.05, 0.1) is 0 Å². The fourth-order valence-corrected chi connectivity index (χ4v) is 1.79. The molecule has 1 aromatic rings. The van der Waals surface area contributed by atoms with Gasteiger partial charge in [-0.1, -0.05) is 29.8 Å². The maximum Gasteiger partial charge on any atom is 0.0438 e. The van der Waals surface area contributed by atoms with Gasteiger partial charge in [-0.2, -0.15) is 0 Å². The molecule has 1 rings (SSSR count). The smallest absolute Gasteiger partial charge is 0.0438 e. The van der Waals surface area contributed by atoms with Crippen LogP contribution in [0.1, 0.15) is 5.56 Å². The Morgan fingerprint density at radius 3 is 2.47 bits per heavy atom. The molecule has 0 N–H and O–H groups in total. The molecule has 1 nitrogen and oxygen atoms in total. The van der Waals surface area contributed by atoms with Crippen molar-refractivity contribution >= 4 is 35.6 Å². The minimum Gasteiger partial charge on any atom is -0.305 e. The molecule has 0 heterocycles. The zero-order valence-corrected chi connectivity index (χ0v) is 11.1. The van der Waals surface area contributed by atoms with Gasteiger partial charge in [-0.3, -0.25) is 0 Å². The summed E-state index contributed by atoms with van der Waals surface area (Å²) >= 11 is 11.7. The van der Waals surface area contributed by atoms with E-state index in [4.69, 9.17) is 23.2 Å². The molecule has 0 aliphatic rings. The zero-order valence-electron chi connectivity index (χ0n) is 8.75. The SMILES string of the molecule is CN(CCCl)CCc1ccccc1Cl.Cl. The predicted octanol–water partition coefficient (Wildman–Crippen LogP) is 3.47. The van der Waals surface area contributed by atoms with Crippen molar-refractivity contribution in [3.8, 4) is 0 Å². The number of likely N-dealkylation sites (N-methyl/N-ethyl adjacent to an activating group) is 1. The van der Waals surface area contributed by atoms with Gasteiger partial charge in [-0.05, 0) is 25.1 Å². The Balaban J connectivity index is 0.00000196. The van der Waals surface area contributed by atoms with Crippen LogP contribution in [0.3, 0.4) is 0 Å². The second kappa shape index (κ2) is 8.23. The number of alkyl halides is 1. The summed E-state index contributed by atoms with van der Waals surface area (Å²) in [5.41, 5.74) is 1.20. The van der Waals surface area contributed by atoms with E-state index in [1.54, 1.807) is 0 Å². The van der Waals surface area contributed by atoms with Crippen molar-refractivity contribution in [2.75, 3.05) is 26.0 Å². The summed E-state index contributed by atoms with van der Waals surface area (Å²) in [5, 5.41) is 0.853. The Hall–Kier alpha value is 0.0500. The number of halogens is 3. The topological polar surface area (TPSA) is 3.24 Å². The number of benzene rings is 1. The summed E-state index contributed by atoms with van der Waals surface area (Å²) in [7, 11) is 2.07. The lowest BCUT2D eigenvalue weighted by atomic mass is 10.1. The Bertz CT molecular complexity index is 278. The van der Waals surface area contributed by atoms with Crippen molar-refractivity contribution in [2.24, 2.45) is 0 Å². The molecular formula is C11H16Cl3N. The third kappa shape index (κ3) is 5.62. The van der Waals surface area contributed by atoms with Crippen molar-refractivity contribution < 1.29 is 0 Å². The largest absolute Gasteiger partial charge is 0.305 e. The summed E-state index contributed by atoms with van der Waals surface area (Å²) < 4.78 is 0. The fourth-order valence-electron chi connectivity index (χ4n) is 1.27. The first-order valence-corrected chi connectivity index (χ1v) is 5.63. The molecule has 0 aliphatic heterocycles. The van der Waals surface area contributed by atoms with Crippen LogP contribution >= 0.6 is 35.6 Å². The Kier molecular flexibility index (Phi) is 8.26. The third-order valence-corrected chi connectivity index (χ3v) is 2.72. The molecule has 86 valence electrons. The van der Waals surface area contributed by atoms with Crippen molar-refractivity contribution in [1.82, 2.24) is 4.90 Å². The Morgan fingerprint density at radius 2 is 1.87 bits per heavy atom. The van der Waals surface area contributed by atoms with Gasteiger partial charge < -0.3 is 4.90 Å². The number of nitrogens with zero attached hydrogens (tertiary/aromatic N) is 1. The third-order valence-electron chi connectivity index (χ3n) is 2.19. The molecule has 0 radical (unpaired) electrons. The standard InChI is InChI=1S/C11H15Cl2N.ClH/c1-14(9-7-12)8-6-10-4-2-3-5-11(10)13;/h2-5H,6-9H2,1H3;1H. The summed E-state index contributed by atoms with van der Waals surface area (Å²) in [6.45, 7) is 1.92. The number of rotatable bonds is 5. The van der Waals surface area contributed by atoms with E-state index in [1.807, 2.05) is 18.2 Å². The quantitative estimate of drug-likeness (QED) is 0.739. The van der Waals surface area contributed by atoms with Gasteiger partial charge in [0.15, 0.2) is 0 Å². The van der Waals surface area contributed by atoms with Crippen molar-refractivity contribution in [3.05, 3.63) is 34.9 Å². The van der Waals surface area contributed by atoms with Crippen LogP contribution in [-0.4, -0.2) is 30.9 Å². The first-order valence-electron chi connectivity index (χ1n) is 4.72. The van der Waals surface area contributed by atoms with Crippen LogP contribution in [0.15, 0.2) is 24.3 Å². The molecule has 0 amide bonds. The van der Waals surface area contributed by atoms with Gasteiger partial charge in [0.1, 0.15) is 0 Å². The van der Waals surface area contributed by atoms with Gasteiger partial charge >= 0.3 is 0 Å². The summed E-state index contributed by atoms with van der Waals surface area (Å²) in [5.74, 6) is 0.680. The molecule has 4 heteroatoms. The van der Waals surface area contributed by atoms with E-state index < -0.39 is 0 Å². The molecule has 0 bridgehead atoms. The Labute approximate surface area is 108 Å². The van der Waals surface area contributed by atoms with Gasteiger partial charge in [0, 0.05) is 24.0 Å². The van der Waals surface area contributed by atoms with E-state index in [0.717, 1.165) is 24.5 Å². The van der Waals surface area contributed by atoms with Gasteiger partial charge in [0.2, 0.25) is 0 Å². The second-order valence-corrected chi connectivity index (χ2v) is 4.12. The van der Waals surface area contributed by atoms with E-state index in [-0.39, 0.29) is 12.4 Å². The highest BCUT2D eigenvalue weighted by Crippen LogP contribution is 2.15. The minimum absolute atomic E-state index is 0. The first kappa shape index (κ1) is 15.0. The molecule has 0 aliphatic carbocycles. The number of hydrogen-bond donors (Lipinski definition) is 0. The molecule has 0 saturated heterocycles. The summed E-state index contributed by atoms with van der Waals surface area (Å²) in [6, 6.07) is 7.96. The van der Waals surface area contributed by atoms with Gasteiger partial charge in [-0.15, -0.1) is 24.0 Å². The minimum atomic E-state index is 0. The predicted molar refractivity (Wildman–Crippen MR) is 70.6 cm³/mol. The van der Waals surface area contributed by atoms with Gasteiger partial charge in [0.25, 0.3) is 0 Å². The summed E-state index contributed by atoms with van der Waals surface area (Å²) in [4.78, 5) is 2.20. The van der Waals surface area contributed by atoms with Crippen LogP contribution in [0.25, 0.3) is 0 Å². The normalized spacial score (nSPS) is 10.1. The highest BCUT2D eigenvalue weighted by Gasteiger charge is 2.01. The molecule has 0 spiro atoms. The molecular weight excluding hydrogens is 252 g/mol. The molecule has 0 fully saturated rings. The molecule has 0 atom stereocenters. The average Bonchev–Trinajstić information content (AvgIpc) is 2.17. The molecule has 0 unspecified atom stereocenters. The maximum absolute atomic E-state index is 6.04. The van der Waals surface area contributed by atoms with Crippen LogP contribution in [0.5, 0.6) is 0 Å². The van der Waals surface area contributed by atoms with Gasteiger partial charge in [-0.25, -0.2) is 0 Å². The van der Waals surface area contributed by atoms with Crippen LogP contribution in [0.4, 0.5) is 0 Å². The van der Waals surface area contributed by atoms with Crippen LogP contribution in [0.2, 0.25) is 5.02 Å².